The molecule has 0 saturated heterocycles. The first-order valence-electron chi connectivity index (χ1n) is 10.0. The van der Waals surface area contributed by atoms with Gasteiger partial charge in [0, 0.05) is 12.1 Å². The summed E-state index contributed by atoms with van der Waals surface area (Å²) >= 11 is 0. The number of benzene rings is 1. The van der Waals surface area contributed by atoms with E-state index in [2.05, 4.69) is 25.9 Å². The van der Waals surface area contributed by atoms with E-state index in [9.17, 15) is 19.2 Å². The number of rotatable bonds is 7. The lowest BCUT2D eigenvalue weighted by Gasteiger charge is -2.22. The summed E-state index contributed by atoms with van der Waals surface area (Å²) in [6, 6.07) is 4.45. The lowest BCUT2D eigenvalue weighted by atomic mass is 10.1. The summed E-state index contributed by atoms with van der Waals surface area (Å²) in [5.74, 6) is -0.817. The molecule has 0 spiro atoms. The Labute approximate surface area is 173 Å². The van der Waals surface area contributed by atoms with Gasteiger partial charge in [0.15, 0.2) is 6.04 Å². The number of para-hydroxylation sites is 1. The highest BCUT2D eigenvalue weighted by atomic mass is 19.1. The van der Waals surface area contributed by atoms with E-state index in [1.54, 1.807) is 19.1 Å². The van der Waals surface area contributed by atoms with Crippen molar-refractivity contribution in [1.82, 2.24) is 20.6 Å². The van der Waals surface area contributed by atoms with E-state index < -0.39 is 29.8 Å². The molecule has 2 amide bonds. The Morgan fingerprint density at radius 2 is 2.17 bits per heavy atom. The highest BCUT2D eigenvalue weighted by molar-refractivity contribution is 5.92. The number of nitrogens with one attached hydrogen (secondary N) is 4. The second-order valence-corrected chi connectivity index (χ2v) is 7.90. The summed E-state index contributed by atoms with van der Waals surface area (Å²) < 4.78 is 14.0. The smallest absolute Gasteiger partial charge is 0.243 e. The summed E-state index contributed by atoms with van der Waals surface area (Å²) in [5, 5.41) is 17.9. The number of H-pyrrole nitrogens is 1. The second kappa shape index (κ2) is 8.14. The van der Waals surface area contributed by atoms with Crippen LogP contribution in [-0.4, -0.2) is 33.9 Å². The number of nitrogens with zero attached hydrogens (tertiary/aromatic N) is 2. The SMILES string of the molecule is Cc1[nH]cnc1C(C#N)NC(=O)C(CC1CC1)NC(=O)C1Cc2cccc(F)c2N1. The van der Waals surface area contributed by atoms with Crippen molar-refractivity contribution in [2.24, 2.45) is 5.92 Å². The van der Waals surface area contributed by atoms with E-state index in [4.69, 9.17) is 0 Å². The zero-order valence-corrected chi connectivity index (χ0v) is 16.5. The summed E-state index contributed by atoms with van der Waals surface area (Å²) in [6.07, 6.45) is 4.34. The molecule has 8 nitrogen and oxygen atoms in total. The number of nitriles is 1. The standard InChI is InChI=1S/C21H23FN6O2/c1-11-18(25-10-24-11)17(9-23)28-20(29)15(7-12-5-6-12)27-21(30)16-8-13-3-2-4-14(22)19(13)26-16/h2-4,10,12,15-17,26H,5-8H2,1H3,(H,24,25)(H,27,30)(H,28,29). The number of anilines is 1. The number of hydrogen-bond donors (Lipinski definition) is 4. The van der Waals surface area contributed by atoms with Crippen LogP contribution < -0.4 is 16.0 Å². The zero-order chi connectivity index (χ0) is 21.3. The maximum Gasteiger partial charge on any atom is 0.243 e. The minimum Gasteiger partial charge on any atom is -0.371 e. The minimum absolute atomic E-state index is 0.333. The van der Waals surface area contributed by atoms with Gasteiger partial charge in [0.1, 0.15) is 17.9 Å². The minimum atomic E-state index is -0.912. The molecule has 1 fully saturated rings. The Bertz CT molecular complexity index is 1010. The largest absolute Gasteiger partial charge is 0.371 e. The van der Waals surface area contributed by atoms with Crippen LogP contribution in [0.15, 0.2) is 24.5 Å². The number of carbonyl (C=O) groups is 2. The van der Waals surface area contributed by atoms with Gasteiger partial charge >= 0.3 is 0 Å². The third kappa shape index (κ3) is 4.13. The first-order valence-corrected chi connectivity index (χ1v) is 10.0. The molecule has 2 aromatic rings. The van der Waals surface area contributed by atoms with Crippen LogP contribution in [0.4, 0.5) is 10.1 Å². The second-order valence-electron chi connectivity index (χ2n) is 7.90. The van der Waals surface area contributed by atoms with Gasteiger partial charge in [-0.2, -0.15) is 5.26 Å². The Kier molecular flexibility index (Phi) is 5.40. The van der Waals surface area contributed by atoms with Crippen molar-refractivity contribution in [3.63, 3.8) is 0 Å². The van der Waals surface area contributed by atoms with Gasteiger partial charge in [0.2, 0.25) is 11.8 Å². The number of aromatic nitrogens is 2. The quantitative estimate of drug-likeness (QED) is 0.555. The fraction of sp³-hybridized carbons (Fsp3) is 0.429. The highest BCUT2D eigenvalue weighted by Crippen LogP contribution is 2.34. The lowest BCUT2D eigenvalue weighted by molar-refractivity contribution is -0.129. The van der Waals surface area contributed by atoms with Gasteiger partial charge in [-0.25, -0.2) is 9.37 Å². The molecule has 30 heavy (non-hydrogen) atoms. The van der Waals surface area contributed by atoms with E-state index in [0.29, 0.717) is 35.8 Å². The average Bonchev–Trinajstić information content (AvgIpc) is 3.26. The first kappa shape index (κ1) is 19.9. The number of amides is 2. The number of carbonyl (C=O) groups excluding carboxylic acids is 2. The van der Waals surface area contributed by atoms with E-state index in [0.717, 1.165) is 18.4 Å². The number of aryl methyl sites for hydroxylation is 1. The van der Waals surface area contributed by atoms with Crippen LogP contribution in [0.1, 0.15) is 42.3 Å². The zero-order valence-electron chi connectivity index (χ0n) is 16.5. The third-order valence-electron chi connectivity index (χ3n) is 5.62. The van der Waals surface area contributed by atoms with Gasteiger partial charge in [0.05, 0.1) is 23.8 Å². The van der Waals surface area contributed by atoms with Crippen molar-refractivity contribution in [1.29, 1.82) is 5.26 Å². The number of imidazole rings is 1. The monoisotopic (exact) mass is 410 g/mol. The van der Waals surface area contributed by atoms with Crippen molar-refractivity contribution >= 4 is 17.5 Å². The Morgan fingerprint density at radius 3 is 2.80 bits per heavy atom. The fourth-order valence-electron chi connectivity index (χ4n) is 3.76. The van der Waals surface area contributed by atoms with Crippen LogP contribution in [0.5, 0.6) is 0 Å². The Balaban J connectivity index is 1.43. The molecule has 1 aliphatic carbocycles. The van der Waals surface area contributed by atoms with E-state index in [1.807, 2.05) is 6.07 Å². The summed E-state index contributed by atoms with van der Waals surface area (Å²) in [6.45, 7) is 1.77. The predicted molar refractivity (Wildman–Crippen MR) is 107 cm³/mol. The molecule has 4 N–H and O–H groups in total. The normalized spacial score (nSPS) is 19.2. The molecule has 9 heteroatoms. The molecular formula is C21H23FN6O2. The van der Waals surface area contributed by atoms with Crippen molar-refractivity contribution in [2.75, 3.05) is 5.32 Å². The number of hydrogen-bond acceptors (Lipinski definition) is 5. The molecule has 1 aromatic carbocycles. The van der Waals surface area contributed by atoms with Crippen LogP contribution in [0.3, 0.4) is 0 Å². The van der Waals surface area contributed by atoms with Gasteiger partial charge in [0.25, 0.3) is 0 Å². The van der Waals surface area contributed by atoms with E-state index in [1.165, 1.54) is 12.4 Å². The van der Waals surface area contributed by atoms with Gasteiger partial charge < -0.3 is 20.9 Å². The molecule has 1 saturated carbocycles. The molecule has 2 aliphatic rings. The van der Waals surface area contributed by atoms with E-state index in [-0.39, 0.29) is 5.91 Å². The first-order chi connectivity index (χ1) is 14.5. The van der Waals surface area contributed by atoms with Crippen molar-refractivity contribution in [3.8, 4) is 6.07 Å². The van der Waals surface area contributed by atoms with E-state index >= 15 is 0 Å². The molecule has 0 bridgehead atoms. The Hall–Kier alpha value is -3.41. The fourth-order valence-corrected chi connectivity index (χ4v) is 3.76. The van der Waals surface area contributed by atoms with Crippen LogP contribution >= 0.6 is 0 Å². The highest BCUT2D eigenvalue weighted by Gasteiger charge is 2.35. The predicted octanol–water partition coefficient (Wildman–Crippen LogP) is 1.86. The topological polar surface area (TPSA) is 123 Å². The molecule has 3 atom stereocenters. The molecule has 156 valence electrons. The van der Waals surface area contributed by atoms with Gasteiger partial charge in [-0.1, -0.05) is 25.0 Å². The molecule has 3 unspecified atom stereocenters. The maximum absolute atomic E-state index is 14.0. The van der Waals surface area contributed by atoms with Crippen LogP contribution in [0.25, 0.3) is 0 Å². The molecule has 1 aliphatic heterocycles. The van der Waals surface area contributed by atoms with Crippen LogP contribution in [-0.2, 0) is 16.0 Å². The van der Waals surface area contributed by atoms with Gasteiger partial charge in [-0.05, 0) is 30.9 Å². The summed E-state index contributed by atoms with van der Waals surface area (Å²) in [4.78, 5) is 32.7. The molecule has 1 aromatic heterocycles. The number of aromatic amines is 1. The maximum atomic E-state index is 14.0. The molecule has 2 heterocycles. The number of fused-ring (bicyclic) bond motifs is 1. The van der Waals surface area contributed by atoms with Crippen molar-refractivity contribution in [2.45, 2.75) is 50.7 Å². The van der Waals surface area contributed by atoms with Crippen LogP contribution in [0.2, 0.25) is 0 Å². The lowest BCUT2D eigenvalue weighted by Crippen LogP contribution is -2.51. The van der Waals surface area contributed by atoms with Gasteiger partial charge in [-0.3, -0.25) is 9.59 Å². The number of halogens is 1. The molecule has 4 rings (SSSR count). The van der Waals surface area contributed by atoms with Crippen LogP contribution in [0, 0.1) is 30.0 Å². The molecular weight excluding hydrogens is 387 g/mol. The summed E-state index contributed by atoms with van der Waals surface area (Å²) in [5.41, 5.74) is 2.21. The average molecular weight is 410 g/mol. The van der Waals surface area contributed by atoms with Crippen molar-refractivity contribution in [3.05, 3.63) is 47.3 Å². The third-order valence-corrected chi connectivity index (χ3v) is 5.62. The molecule has 0 radical (unpaired) electrons. The van der Waals surface area contributed by atoms with Crippen molar-refractivity contribution < 1.29 is 14.0 Å². The Morgan fingerprint density at radius 1 is 1.37 bits per heavy atom. The van der Waals surface area contributed by atoms with Gasteiger partial charge in [-0.15, -0.1) is 0 Å². The summed E-state index contributed by atoms with van der Waals surface area (Å²) in [7, 11) is 0.